The van der Waals surface area contributed by atoms with E-state index in [1.165, 1.54) is 12.1 Å². The van der Waals surface area contributed by atoms with Crippen LogP contribution in [-0.4, -0.2) is 27.1 Å². The van der Waals surface area contributed by atoms with Gasteiger partial charge in [-0.2, -0.15) is 18.4 Å². The molecular weight excluding hydrogens is 545 g/mol. The number of aromatic nitrogens is 3. The molecule has 0 radical (unpaired) electrons. The summed E-state index contributed by atoms with van der Waals surface area (Å²) in [6.45, 7) is 5.66. The molecule has 3 aromatic heterocycles. The monoisotopic (exact) mass is 570 g/mol. The summed E-state index contributed by atoms with van der Waals surface area (Å²) in [6.07, 6.45) is -4.93. The lowest BCUT2D eigenvalue weighted by molar-refractivity contribution is -0.137. The maximum absolute atomic E-state index is 14.0. The number of nitriles is 1. The van der Waals surface area contributed by atoms with E-state index in [1.54, 1.807) is 43.3 Å². The Morgan fingerprint density at radius 2 is 1.81 bits per heavy atom. The van der Waals surface area contributed by atoms with Gasteiger partial charge in [-0.25, -0.2) is 9.78 Å². The second-order valence-corrected chi connectivity index (χ2v) is 9.86. The summed E-state index contributed by atoms with van der Waals surface area (Å²) in [6, 6.07) is 19.7. The number of alkyl halides is 3. The smallest absolute Gasteiger partial charge is 0.417 e. The van der Waals surface area contributed by atoms with Crippen molar-refractivity contribution in [1.29, 1.82) is 5.26 Å². The molecule has 7 nitrogen and oxygen atoms in total. The fraction of sp³-hybridized carbons (Fsp3) is 0.188. The molecule has 0 unspecified atom stereocenters. The molecule has 10 heteroatoms. The number of carbonyl (C=O) groups excluding carboxylic acids is 1. The first-order valence-electron chi connectivity index (χ1n) is 13.1. The number of halogens is 3. The summed E-state index contributed by atoms with van der Waals surface area (Å²) < 4.78 is 48.3. The third kappa shape index (κ3) is 5.41. The van der Waals surface area contributed by atoms with Crippen molar-refractivity contribution in [2.75, 3.05) is 6.61 Å². The Kier molecular flexibility index (Phi) is 7.44. The van der Waals surface area contributed by atoms with Crippen LogP contribution < -0.4 is 5.56 Å². The van der Waals surface area contributed by atoms with Crippen molar-refractivity contribution in [3.8, 4) is 28.7 Å². The van der Waals surface area contributed by atoms with Crippen LogP contribution in [0, 0.1) is 25.2 Å². The molecule has 0 fully saturated rings. The summed E-state index contributed by atoms with van der Waals surface area (Å²) in [4.78, 5) is 33.2. The number of nitrogens with zero attached hydrogens (tertiary/aromatic N) is 3. The van der Waals surface area contributed by atoms with Crippen LogP contribution in [0.4, 0.5) is 13.2 Å². The van der Waals surface area contributed by atoms with Crippen LogP contribution in [0.3, 0.4) is 0 Å². The van der Waals surface area contributed by atoms with Crippen molar-refractivity contribution < 1.29 is 22.7 Å². The van der Waals surface area contributed by atoms with Gasteiger partial charge >= 0.3 is 12.1 Å². The molecule has 0 amide bonds. The quantitative estimate of drug-likeness (QED) is 0.227. The first-order chi connectivity index (χ1) is 20.0. The predicted octanol–water partition coefficient (Wildman–Crippen LogP) is 6.79. The van der Waals surface area contributed by atoms with Crippen LogP contribution in [0.1, 0.15) is 45.2 Å². The molecule has 0 bridgehead atoms. The number of benzene rings is 2. The summed E-state index contributed by atoms with van der Waals surface area (Å²) >= 11 is 0. The van der Waals surface area contributed by atoms with Crippen molar-refractivity contribution in [1.82, 2.24) is 14.5 Å². The van der Waals surface area contributed by atoms with Gasteiger partial charge in [0.2, 0.25) is 0 Å². The number of aryl methyl sites for hydroxylation is 2. The minimum atomic E-state index is -4.93. The van der Waals surface area contributed by atoms with Gasteiger partial charge in [-0.3, -0.25) is 4.79 Å². The number of carbonyl (C=O) groups is 1. The van der Waals surface area contributed by atoms with Crippen molar-refractivity contribution >= 4 is 16.9 Å². The largest absolute Gasteiger partial charge is 0.461 e. The van der Waals surface area contributed by atoms with Gasteiger partial charge in [0.05, 0.1) is 35.8 Å². The van der Waals surface area contributed by atoms with Gasteiger partial charge in [-0.05, 0) is 62.2 Å². The lowest BCUT2D eigenvalue weighted by Crippen LogP contribution is -2.29. The highest BCUT2D eigenvalue weighted by Gasteiger charge is 2.36. The number of hydrogen-bond donors (Lipinski definition) is 1. The van der Waals surface area contributed by atoms with E-state index in [1.807, 2.05) is 32.0 Å². The number of rotatable bonds is 6. The van der Waals surface area contributed by atoms with E-state index in [4.69, 9.17) is 4.74 Å². The van der Waals surface area contributed by atoms with Crippen molar-refractivity contribution in [3.05, 3.63) is 111 Å². The number of pyridine rings is 2. The zero-order valence-corrected chi connectivity index (χ0v) is 23.0. The Bertz CT molecular complexity index is 1950. The molecule has 5 rings (SSSR count). The molecule has 0 saturated carbocycles. The Morgan fingerprint density at radius 1 is 1.05 bits per heavy atom. The number of esters is 1. The van der Waals surface area contributed by atoms with Crippen LogP contribution in [0.5, 0.6) is 0 Å². The third-order valence-corrected chi connectivity index (χ3v) is 6.97. The first-order valence-corrected chi connectivity index (χ1v) is 13.1. The van der Waals surface area contributed by atoms with Gasteiger partial charge in [0.1, 0.15) is 17.3 Å². The number of ether oxygens (including phenoxy) is 1. The van der Waals surface area contributed by atoms with Gasteiger partial charge in [-0.1, -0.05) is 42.0 Å². The van der Waals surface area contributed by atoms with Crippen LogP contribution >= 0.6 is 0 Å². The molecular formula is C32H25F3N4O3. The first kappa shape index (κ1) is 28.4. The lowest BCUT2D eigenvalue weighted by atomic mass is 10.0. The van der Waals surface area contributed by atoms with E-state index in [9.17, 15) is 28.0 Å². The molecule has 5 aromatic rings. The Labute approximate surface area is 238 Å². The zero-order valence-electron chi connectivity index (χ0n) is 23.0. The molecule has 0 aliphatic carbocycles. The summed E-state index contributed by atoms with van der Waals surface area (Å²) in [5, 5.41) is 10.3. The molecule has 3 heterocycles. The molecule has 0 aliphatic heterocycles. The molecule has 0 aliphatic rings. The maximum Gasteiger partial charge on any atom is 0.417 e. The second-order valence-electron chi connectivity index (χ2n) is 9.86. The van der Waals surface area contributed by atoms with Gasteiger partial charge in [0.25, 0.3) is 5.56 Å². The average molecular weight is 571 g/mol. The molecule has 42 heavy (non-hydrogen) atoms. The third-order valence-electron chi connectivity index (χ3n) is 6.97. The SMILES string of the molecule is CCOC(=O)c1cc2ccc(-c3cccc(-c4cc(C(F)(F)F)c(C#N)c(=O)n4Cc4ccc(C)cc4C)n3)cc2[nH]1. The molecule has 212 valence electrons. The number of hydrogen-bond acceptors (Lipinski definition) is 5. The van der Waals surface area contributed by atoms with E-state index in [2.05, 4.69) is 9.97 Å². The van der Waals surface area contributed by atoms with Crippen LogP contribution in [-0.2, 0) is 17.5 Å². The number of nitrogens with one attached hydrogen (secondary N) is 1. The number of aromatic amines is 1. The molecule has 1 N–H and O–H groups in total. The maximum atomic E-state index is 14.0. The van der Waals surface area contributed by atoms with Gasteiger partial charge in [0.15, 0.2) is 0 Å². The lowest BCUT2D eigenvalue weighted by Gasteiger charge is -2.18. The molecule has 0 atom stereocenters. The fourth-order valence-corrected chi connectivity index (χ4v) is 4.88. The van der Waals surface area contributed by atoms with Crippen molar-refractivity contribution in [2.45, 2.75) is 33.5 Å². The van der Waals surface area contributed by atoms with E-state index in [-0.39, 0.29) is 24.5 Å². The van der Waals surface area contributed by atoms with E-state index < -0.39 is 28.8 Å². The van der Waals surface area contributed by atoms with Crippen LogP contribution in [0.2, 0.25) is 0 Å². The highest BCUT2D eigenvalue weighted by atomic mass is 19.4. The standard InChI is InChI=1S/C32H25F3N4O3/c1-4-42-31(41)28-14-21-11-10-20(13-27(21)38-28)25-6-5-7-26(37-25)29-15-24(32(33,34)35)23(16-36)30(40)39(29)17-22-9-8-18(2)12-19(22)3/h5-15,38H,4,17H2,1-3H3. The molecule has 2 aromatic carbocycles. The highest BCUT2D eigenvalue weighted by molar-refractivity contribution is 5.96. The Balaban J connectivity index is 1.66. The average Bonchev–Trinajstić information content (AvgIpc) is 3.38. The van der Waals surface area contributed by atoms with E-state index in [0.29, 0.717) is 22.5 Å². The van der Waals surface area contributed by atoms with Crippen molar-refractivity contribution in [3.63, 3.8) is 0 Å². The Hall–Kier alpha value is -5.17. The number of H-pyrrole nitrogens is 1. The molecule has 0 spiro atoms. The van der Waals surface area contributed by atoms with Crippen LogP contribution in [0.15, 0.2) is 71.5 Å². The second kappa shape index (κ2) is 11.0. The Morgan fingerprint density at radius 3 is 2.50 bits per heavy atom. The summed E-state index contributed by atoms with van der Waals surface area (Å²) in [5.74, 6) is -0.488. The van der Waals surface area contributed by atoms with Gasteiger partial charge < -0.3 is 14.3 Å². The van der Waals surface area contributed by atoms with E-state index in [0.717, 1.165) is 32.7 Å². The minimum Gasteiger partial charge on any atom is -0.461 e. The number of fused-ring (bicyclic) bond motifs is 1. The van der Waals surface area contributed by atoms with Crippen molar-refractivity contribution in [2.24, 2.45) is 0 Å². The van der Waals surface area contributed by atoms with Gasteiger partial charge in [-0.15, -0.1) is 0 Å². The zero-order chi connectivity index (χ0) is 30.2. The highest BCUT2D eigenvalue weighted by Crippen LogP contribution is 2.34. The summed E-state index contributed by atoms with van der Waals surface area (Å²) in [5.41, 5.74) is 1.31. The van der Waals surface area contributed by atoms with Crippen LogP contribution in [0.25, 0.3) is 33.5 Å². The van der Waals surface area contributed by atoms with Gasteiger partial charge in [0, 0.05) is 16.5 Å². The normalized spacial score (nSPS) is 11.5. The summed E-state index contributed by atoms with van der Waals surface area (Å²) in [7, 11) is 0. The minimum absolute atomic E-state index is 0.0515. The molecule has 0 saturated heterocycles. The predicted molar refractivity (Wildman–Crippen MR) is 152 cm³/mol. The van der Waals surface area contributed by atoms with E-state index >= 15 is 0 Å². The fourth-order valence-electron chi connectivity index (χ4n) is 4.88. The topological polar surface area (TPSA) is 101 Å².